The molecule has 6 nitrogen and oxygen atoms in total. The third kappa shape index (κ3) is 8.92. The monoisotopic (exact) mass is 418 g/mol. The van der Waals surface area contributed by atoms with Gasteiger partial charge in [0.25, 0.3) is 13.7 Å². The number of phosphoric ester groups is 1. The molecule has 0 radical (unpaired) electrons. The highest BCUT2D eigenvalue weighted by Gasteiger charge is 2.22. The Kier molecular flexibility index (Phi) is 10.1. The maximum absolute atomic E-state index is 12.6. The van der Waals surface area contributed by atoms with Gasteiger partial charge < -0.3 is 9.42 Å². The van der Waals surface area contributed by atoms with Crippen LogP contribution in [-0.2, 0) is 24.9 Å². The molecule has 1 N–H and O–H groups in total. The lowest BCUT2D eigenvalue weighted by molar-refractivity contribution is -0.231. The van der Waals surface area contributed by atoms with Crippen molar-refractivity contribution < 1.29 is 23.4 Å². The third-order valence-electron chi connectivity index (χ3n) is 4.61. The number of amides is 1. The van der Waals surface area contributed by atoms with Gasteiger partial charge in [-0.1, -0.05) is 93.3 Å². The van der Waals surface area contributed by atoms with Crippen LogP contribution in [0.4, 0.5) is 0 Å². The first-order valence-corrected chi connectivity index (χ1v) is 11.5. The van der Waals surface area contributed by atoms with E-state index >= 15 is 0 Å². The van der Waals surface area contributed by atoms with Gasteiger partial charge in [-0.25, -0.2) is 10.1 Å². The maximum Gasteiger partial charge on any atom is 0.290 e. The summed E-state index contributed by atoms with van der Waals surface area (Å²) in [5.74, 6) is -0.965. The predicted molar refractivity (Wildman–Crippen MR) is 111 cm³/mol. The summed E-state index contributed by atoms with van der Waals surface area (Å²) in [5.41, 5.74) is 3.85. The summed E-state index contributed by atoms with van der Waals surface area (Å²) in [6, 6.07) is 18.7. The first-order chi connectivity index (χ1) is 14.0. The van der Waals surface area contributed by atoms with Gasteiger partial charge in [-0.3, -0.25) is 9.36 Å². The maximum atomic E-state index is 12.6. The van der Waals surface area contributed by atoms with Crippen LogP contribution in [0.2, 0.25) is 0 Å². The Morgan fingerprint density at radius 3 is 2.34 bits per heavy atom. The second-order valence-electron chi connectivity index (χ2n) is 6.89. The van der Waals surface area contributed by atoms with Crippen molar-refractivity contribution in [2.45, 2.75) is 51.4 Å². The van der Waals surface area contributed by atoms with Crippen molar-refractivity contribution in [1.29, 1.82) is 0 Å². The third-order valence-corrected chi connectivity index (χ3v) is 5.42. The van der Waals surface area contributed by atoms with Crippen molar-refractivity contribution in [2.24, 2.45) is 0 Å². The van der Waals surface area contributed by atoms with Crippen molar-refractivity contribution in [3.8, 4) is 0 Å². The van der Waals surface area contributed by atoms with Crippen LogP contribution in [-0.4, -0.2) is 12.5 Å². The van der Waals surface area contributed by atoms with Gasteiger partial charge in [0, 0.05) is 0 Å². The van der Waals surface area contributed by atoms with Crippen molar-refractivity contribution >= 4 is 13.7 Å². The molecule has 0 aliphatic rings. The van der Waals surface area contributed by atoms with Gasteiger partial charge in [0.2, 0.25) is 0 Å². The SMILES string of the molecule is CCCCCCC(C(=O)NOP(=O)([O-])OCCc1ccccc1)c1ccccc1. The summed E-state index contributed by atoms with van der Waals surface area (Å²) in [5, 5.41) is 0. The number of phosphoric acid groups is 1. The Morgan fingerprint density at radius 2 is 1.69 bits per heavy atom. The van der Waals surface area contributed by atoms with Gasteiger partial charge in [0.1, 0.15) is 0 Å². The fourth-order valence-corrected chi connectivity index (χ4v) is 3.60. The molecule has 0 fully saturated rings. The lowest BCUT2D eigenvalue weighted by Gasteiger charge is -2.24. The second-order valence-corrected chi connectivity index (χ2v) is 8.22. The number of unbranched alkanes of at least 4 members (excludes halogenated alkanes) is 3. The van der Waals surface area contributed by atoms with Crippen LogP contribution in [0.15, 0.2) is 60.7 Å². The van der Waals surface area contributed by atoms with E-state index in [1.807, 2.05) is 60.7 Å². The molecule has 2 atom stereocenters. The van der Waals surface area contributed by atoms with Crippen LogP contribution in [0.25, 0.3) is 0 Å². The van der Waals surface area contributed by atoms with E-state index in [9.17, 15) is 14.3 Å². The fourth-order valence-electron chi connectivity index (χ4n) is 3.03. The van der Waals surface area contributed by atoms with Crippen LogP contribution in [0.1, 0.15) is 56.1 Å². The highest BCUT2D eigenvalue weighted by molar-refractivity contribution is 7.45. The van der Waals surface area contributed by atoms with Crippen molar-refractivity contribution in [3.05, 3.63) is 71.8 Å². The molecular formula is C22H29NO5P-. The standard InChI is InChI=1S/C22H30NO5P/c1-2-3-4-11-16-21(20-14-9-6-10-15-20)22(24)23-28-29(25,26)27-18-17-19-12-7-5-8-13-19/h5-10,12-15,21H,2-4,11,16-18H2,1H3,(H,23,24)(H,25,26)/p-1. The molecule has 2 unspecified atom stereocenters. The number of nitrogens with one attached hydrogen (secondary N) is 1. The predicted octanol–water partition coefficient (Wildman–Crippen LogP) is 4.52. The number of hydrogen-bond donors (Lipinski definition) is 1. The van der Waals surface area contributed by atoms with E-state index in [4.69, 9.17) is 4.52 Å². The van der Waals surface area contributed by atoms with Gasteiger partial charge in [-0.15, -0.1) is 0 Å². The summed E-state index contributed by atoms with van der Waals surface area (Å²) in [4.78, 5) is 24.5. The van der Waals surface area contributed by atoms with Crippen LogP contribution >= 0.6 is 7.82 Å². The Morgan fingerprint density at radius 1 is 1.03 bits per heavy atom. The van der Waals surface area contributed by atoms with E-state index in [0.29, 0.717) is 12.8 Å². The zero-order chi connectivity index (χ0) is 21.0. The Bertz CT molecular complexity index is 769. The van der Waals surface area contributed by atoms with Crippen LogP contribution in [0.3, 0.4) is 0 Å². The minimum atomic E-state index is -4.63. The van der Waals surface area contributed by atoms with Gasteiger partial charge >= 0.3 is 0 Å². The Labute approximate surface area is 172 Å². The van der Waals surface area contributed by atoms with Crippen molar-refractivity contribution in [2.75, 3.05) is 6.61 Å². The van der Waals surface area contributed by atoms with E-state index in [0.717, 1.165) is 36.8 Å². The quantitative estimate of drug-likeness (QED) is 0.294. The normalized spacial score (nSPS) is 14.1. The van der Waals surface area contributed by atoms with Gasteiger partial charge in [0.05, 0.1) is 12.5 Å². The number of hydroxylamine groups is 1. The smallest absolute Gasteiger partial charge is 0.290 e. The van der Waals surface area contributed by atoms with Crippen molar-refractivity contribution in [3.63, 3.8) is 0 Å². The number of rotatable bonds is 13. The average Bonchev–Trinajstić information content (AvgIpc) is 2.73. The number of carbonyl (C=O) groups is 1. The van der Waals surface area contributed by atoms with Gasteiger partial charge in [-0.2, -0.15) is 0 Å². The van der Waals surface area contributed by atoms with E-state index < -0.39 is 19.6 Å². The molecule has 0 spiro atoms. The molecule has 29 heavy (non-hydrogen) atoms. The highest BCUT2D eigenvalue weighted by Crippen LogP contribution is 2.37. The van der Waals surface area contributed by atoms with E-state index in [1.165, 1.54) is 0 Å². The number of carbonyl (C=O) groups excluding carboxylic acids is 1. The molecule has 0 saturated carbocycles. The summed E-state index contributed by atoms with van der Waals surface area (Å²) in [6.45, 7) is 2.07. The molecule has 0 heterocycles. The minimum Gasteiger partial charge on any atom is -0.755 e. The second kappa shape index (κ2) is 12.6. The molecule has 2 rings (SSSR count). The molecule has 2 aromatic rings. The van der Waals surface area contributed by atoms with Crippen molar-refractivity contribution in [1.82, 2.24) is 5.48 Å². The zero-order valence-corrected chi connectivity index (χ0v) is 17.7. The number of benzene rings is 2. The molecule has 1 amide bonds. The first-order valence-electron chi connectivity index (χ1n) is 10.0. The molecule has 2 aromatic carbocycles. The van der Waals surface area contributed by atoms with Crippen LogP contribution in [0.5, 0.6) is 0 Å². The lowest BCUT2D eigenvalue weighted by Crippen LogP contribution is -2.31. The lowest BCUT2D eigenvalue weighted by atomic mass is 9.92. The molecule has 0 aliphatic heterocycles. The fraction of sp³-hybridized carbons (Fsp3) is 0.409. The van der Waals surface area contributed by atoms with Crippen LogP contribution in [0, 0.1) is 0 Å². The van der Waals surface area contributed by atoms with E-state index in [2.05, 4.69) is 17.0 Å². The summed E-state index contributed by atoms with van der Waals surface area (Å²) < 4.78 is 21.4. The van der Waals surface area contributed by atoms with E-state index in [1.54, 1.807) is 0 Å². The minimum absolute atomic E-state index is 0.0558. The Balaban J connectivity index is 1.85. The summed E-state index contributed by atoms with van der Waals surface area (Å²) >= 11 is 0. The molecular weight excluding hydrogens is 389 g/mol. The molecule has 7 heteroatoms. The number of hydrogen-bond acceptors (Lipinski definition) is 5. The highest BCUT2D eigenvalue weighted by atomic mass is 31.2. The topological polar surface area (TPSA) is 87.7 Å². The first kappa shape index (κ1) is 23.3. The molecule has 158 valence electrons. The van der Waals surface area contributed by atoms with Gasteiger partial charge in [0.15, 0.2) is 0 Å². The van der Waals surface area contributed by atoms with Crippen LogP contribution < -0.4 is 10.4 Å². The average molecular weight is 418 g/mol. The van der Waals surface area contributed by atoms with E-state index in [-0.39, 0.29) is 6.61 Å². The molecule has 0 aromatic heterocycles. The Hall–Kier alpha value is -1.98. The molecule has 0 saturated heterocycles. The summed E-state index contributed by atoms with van der Waals surface area (Å²) in [7, 11) is -4.63. The molecule has 0 aliphatic carbocycles. The van der Waals surface area contributed by atoms with Gasteiger partial charge in [-0.05, 0) is 24.0 Å². The summed E-state index contributed by atoms with van der Waals surface area (Å²) in [6.07, 6.45) is 5.15. The largest absolute Gasteiger partial charge is 0.755 e. The molecule has 0 bridgehead atoms. The zero-order valence-electron chi connectivity index (χ0n) is 16.8.